The number of rotatable bonds is 6. The average molecular weight is 300 g/mol. The number of aliphatic hydroxyl groups is 1. The molecule has 0 heterocycles. The Labute approximate surface area is 120 Å². The van der Waals surface area contributed by atoms with Crippen LogP contribution in [0.5, 0.6) is 0 Å². The quantitative estimate of drug-likeness (QED) is 0.254. The van der Waals surface area contributed by atoms with Gasteiger partial charge >= 0.3 is 5.97 Å². The smallest absolute Gasteiger partial charge is 0.303 e. The summed E-state index contributed by atoms with van der Waals surface area (Å²) in [5, 5.41) is 17.2. The summed E-state index contributed by atoms with van der Waals surface area (Å²) in [4.78, 5) is 16.5. The van der Waals surface area contributed by atoms with Crippen LogP contribution in [0, 0.1) is 0 Å². The Balaban J connectivity index is 3.07. The van der Waals surface area contributed by atoms with Gasteiger partial charge in [-0.2, -0.15) is 0 Å². The maximum Gasteiger partial charge on any atom is 0.303 e. The van der Waals surface area contributed by atoms with Crippen molar-refractivity contribution in [2.75, 3.05) is 13.9 Å². The molecular formula is C10H16N6O5. The van der Waals surface area contributed by atoms with Gasteiger partial charge < -0.3 is 19.3 Å². The molecule has 0 aromatic carbocycles. The van der Waals surface area contributed by atoms with Crippen molar-refractivity contribution in [2.45, 2.75) is 43.7 Å². The molecule has 1 aliphatic carbocycles. The van der Waals surface area contributed by atoms with Gasteiger partial charge in [0.1, 0.15) is 19.0 Å². The first-order chi connectivity index (χ1) is 10.0. The van der Waals surface area contributed by atoms with E-state index in [1.165, 1.54) is 14.0 Å². The number of methoxy groups -OCH3 is 1. The fourth-order valence-corrected chi connectivity index (χ4v) is 2.19. The number of aliphatic hydroxyl groups excluding tert-OH is 1. The Morgan fingerprint density at radius 3 is 2.43 bits per heavy atom. The molecule has 0 saturated heterocycles. The van der Waals surface area contributed by atoms with Crippen molar-refractivity contribution < 1.29 is 24.1 Å². The van der Waals surface area contributed by atoms with Crippen LogP contribution in [0.15, 0.2) is 10.2 Å². The van der Waals surface area contributed by atoms with Gasteiger partial charge in [0.2, 0.25) is 0 Å². The average Bonchev–Trinajstić information content (AvgIpc) is 2.43. The highest BCUT2D eigenvalue weighted by Crippen LogP contribution is 2.30. The molecule has 11 nitrogen and oxygen atoms in total. The lowest BCUT2D eigenvalue weighted by molar-refractivity contribution is -0.192. The van der Waals surface area contributed by atoms with Gasteiger partial charge in [-0.1, -0.05) is 10.2 Å². The number of nitrogens with zero attached hydrogens (tertiary/aromatic N) is 6. The summed E-state index contributed by atoms with van der Waals surface area (Å²) >= 11 is 0. The topological polar surface area (TPSA) is 163 Å². The van der Waals surface area contributed by atoms with E-state index in [4.69, 9.17) is 25.3 Å². The van der Waals surface area contributed by atoms with E-state index in [1.807, 2.05) is 0 Å². The van der Waals surface area contributed by atoms with Crippen LogP contribution in [0.2, 0.25) is 0 Å². The van der Waals surface area contributed by atoms with E-state index in [-0.39, 0.29) is 13.2 Å². The molecule has 1 fully saturated rings. The maximum absolute atomic E-state index is 11.2. The predicted molar refractivity (Wildman–Crippen MR) is 68.8 cm³/mol. The molecule has 0 radical (unpaired) electrons. The minimum Gasteiger partial charge on any atom is -0.459 e. The molecule has 5 atom stereocenters. The third-order valence-corrected chi connectivity index (χ3v) is 3.00. The fourth-order valence-electron chi connectivity index (χ4n) is 2.19. The standard InChI is InChI=1S/C10H16N6O5/c1-5(17)21-9-7(14-16-12)3-6(13-15-11)8(18)10(9)20-4-19-2/h6-10,18H,3-4H2,1-2H3/t6-,7+,8+,9-,10-/m0/s1. The lowest BCUT2D eigenvalue weighted by Gasteiger charge is -2.40. The van der Waals surface area contributed by atoms with Crippen LogP contribution in [0.3, 0.4) is 0 Å². The lowest BCUT2D eigenvalue weighted by atomic mass is 9.84. The predicted octanol–water partition coefficient (Wildman–Crippen LogP) is 1.03. The second-order valence-corrected chi connectivity index (χ2v) is 4.38. The summed E-state index contributed by atoms with van der Waals surface area (Å²) in [6.07, 6.45) is -3.20. The highest BCUT2D eigenvalue weighted by atomic mass is 16.7. The van der Waals surface area contributed by atoms with E-state index in [0.717, 1.165) is 0 Å². The summed E-state index contributed by atoms with van der Waals surface area (Å²) in [7, 11) is 1.38. The number of carbonyl (C=O) groups excluding carboxylic acids is 1. The van der Waals surface area contributed by atoms with E-state index in [1.54, 1.807) is 0 Å². The maximum atomic E-state index is 11.2. The Morgan fingerprint density at radius 2 is 1.90 bits per heavy atom. The van der Waals surface area contributed by atoms with Gasteiger partial charge in [0.25, 0.3) is 0 Å². The summed E-state index contributed by atoms with van der Waals surface area (Å²) in [5.74, 6) is -0.612. The van der Waals surface area contributed by atoms with Crippen molar-refractivity contribution >= 4 is 5.97 Å². The Morgan fingerprint density at radius 1 is 1.29 bits per heavy atom. The molecule has 0 aromatic heterocycles. The van der Waals surface area contributed by atoms with E-state index in [0.29, 0.717) is 0 Å². The first kappa shape index (κ1) is 17.0. The molecule has 0 bridgehead atoms. The van der Waals surface area contributed by atoms with Gasteiger partial charge in [-0.05, 0) is 17.5 Å². The zero-order valence-electron chi connectivity index (χ0n) is 11.6. The molecule has 0 amide bonds. The van der Waals surface area contributed by atoms with Gasteiger partial charge in [-0.15, -0.1) is 0 Å². The highest BCUT2D eigenvalue weighted by molar-refractivity contribution is 5.66. The highest BCUT2D eigenvalue weighted by Gasteiger charge is 2.46. The molecular weight excluding hydrogens is 284 g/mol. The van der Waals surface area contributed by atoms with Crippen LogP contribution < -0.4 is 0 Å². The number of carbonyl (C=O) groups is 1. The summed E-state index contributed by atoms with van der Waals surface area (Å²) < 4.78 is 15.1. The zero-order chi connectivity index (χ0) is 15.8. The second-order valence-electron chi connectivity index (χ2n) is 4.38. The normalized spacial score (nSPS) is 31.7. The largest absolute Gasteiger partial charge is 0.459 e. The number of esters is 1. The number of ether oxygens (including phenoxy) is 3. The second kappa shape index (κ2) is 8.30. The summed E-state index contributed by atoms with van der Waals surface area (Å²) in [6, 6.07) is -1.68. The van der Waals surface area contributed by atoms with Crippen LogP contribution in [0.1, 0.15) is 13.3 Å². The fraction of sp³-hybridized carbons (Fsp3) is 0.900. The molecule has 11 heteroatoms. The molecule has 0 unspecified atom stereocenters. The van der Waals surface area contributed by atoms with Crippen molar-refractivity contribution in [3.63, 3.8) is 0 Å². The molecule has 0 spiro atoms. The van der Waals surface area contributed by atoms with Crippen LogP contribution in [0.25, 0.3) is 20.9 Å². The Bertz CT molecular complexity index is 461. The molecule has 116 valence electrons. The molecule has 0 aromatic rings. The van der Waals surface area contributed by atoms with Crippen LogP contribution >= 0.6 is 0 Å². The SMILES string of the molecule is COCO[C@H]1[C@H](O)[C@@H](N=[N+]=[N-])C[C@@H](N=[N+]=[N-])[C@@H]1OC(C)=O. The lowest BCUT2D eigenvalue weighted by Crippen LogP contribution is -2.57. The number of hydrogen-bond donors (Lipinski definition) is 1. The van der Waals surface area contributed by atoms with Crippen molar-refractivity contribution in [1.82, 2.24) is 0 Å². The Hall–Kier alpha value is -2.03. The first-order valence-corrected chi connectivity index (χ1v) is 6.09. The van der Waals surface area contributed by atoms with E-state index < -0.39 is 36.4 Å². The zero-order valence-corrected chi connectivity index (χ0v) is 11.6. The molecule has 1 aliphatic rings. The molecule has 1 rings (SSSR count). The van der Waals surface area contributed by atoms with Crippen molar-refractivity contribution in [3.8, 4) is 0 Å². The summed E-state index contributed by atoms with van der Waals surface area (Å²) in [5.41, 5.74) is 17.1. The van der Waals surface area contributed by atoms with Crippen LogP contribution in [-0.2, 0) is 19.0 Å². The number of hydrogen-bond acceptors (Lipinski definition) is 7. The van der Waals surface area contributed by atoms with E-state index in [2.05, 4.69) is 20.1 Å². The van der Waals surface area contributed by atoms with Gasteiger partial charge in [-0.3, -0.25) is 4.79 Å². The molecule has 21 heavy (non-hydrogen) atoms. The van der Waals surface area contributed by atoms with E-state index >= 15 is 0 Å². The van der Waals surface area contributed by atoms with Gasteiger partial charge in [0.15, 0.2) is 0 Å². The van der Waals surface area contributed by atoms with Crippen LogP contribution in [0.4, 0.5) is 0 Å². The minimum absolute atomic E-state index is 0.0417. The van der Waals surface area contributed by atoms with Crippen molar-refractivity contribution in [2.24, 2.45) is 10.2 Å². The minimum atomic E-state index is -1.22. The third-order valence-electron chi connectivity index (χ3n) is 3.00. The molecule has 0 aliphatic heterocycles. The first-order valence-electron chi connectivity index (χ1n) is 6.09. The van der Waals surface area contributed by atoms with Gasteiger partial charge in [-0.25, -0.2) is 0 Å². The van der Waals surface area contributed by atoms with Gasteiger partial charge in [0, 0.05) is 23.9 Å². The summed E-state index contributed by atoms with van der Waals surface area (Å²) in [6.45, 7) is 1.01. The van der Waals surface area contributed by atoms with Crippen LogP contribution in [-0.4, -0.2) is 55.4 Å². The number of azide groups is 2. The van der Waals surface area contributed by atoms with Crippen molar-refractivity contribution in [3.05, 3.63) is 20.9 Å². The molecule has 1 saturated carbocycles. The Kier molecular flexibility index (Phi) is 6.73. The van der Waals surface area contributed by atoms with Crippen molar-refractivity contribution in [1.29, 1.82) is 0 Å². The van der Waals surface area contributed by atoms with Gasteiger partial charge in [0.05, 0.1) is 18.2 Å². The monoisotopic (exact) mass is 300 g/mol. The molecule has 1 N–H and O–H groups in total. The van der Waals surface area contributed by atoms with E-state index in [9.17, 15) is 9.90 Å². The third kappa shape index (κ3) is 4.48.